The van der Waals surface area contributed by atoms with Crippen LogP contribution in [0.1, 0.15) is 38.0 Å². The quantitative estimate of drug-likeness (QED) is 0.485. The molecule has 32 heavy (non-hydrogen) atoms. The molecular formula is C22H20N4O3S3. The fourth-order valence-electron chi connectivity index (χ4n) is 3.38. The largest absolute Gasteiger partial charge is 0.446 e. The average Bonchev–Trinajstić information content (AvgIpc) is 3.50. The molecule has 0 aliphatic heterocycles. The van der Waals surface area contributed by atoms with Gasteiger partial charge in [0.1, 0.15) is 22.2 Å². The third-order valence-corrected chi connectivity index (χ3v) is 7.81. The molecule has 0 aromatic carbocycles. The maximum absolute atomic E-state index is 12.3. The van der Waals surface area contributed by atoms with Crippen LogP contribution in [0.3, 0.4) is 0 Å². The molecule has 0 radical (unpaired) electrons. The van der Waals surface area contributed by atoms with Crippen LogP contribution in [0.15, 0.2) is 29.0 Å². The van der Waals surface area contributed by atoms with Crippen molar-refractivity contribution in [1.82, 2.24) is 10.3 Å². The summed E-state index contributed by atoms with van der Waals surface area (Å²) in [5.74, 6) is -0.280. The van der Waals surface area contributed by atoms with Crippen LogP contribution in [-0.4, -0.2) is 23.1 Å². The lowest BCUT2D eigenvalue weighted by Gasteiger charge is -2.22. The highest BCUT2D eigenvalue weighted by atomic mass is 32.1. The van der Waals surface area contributed by atoms with Gasteiger partial charge in [-0.3, -0.25) is 4.79 Å². The van der Waals surface area contributed by atoms with Gasteiger partial charge >= 0.3 is 6.09 Å². The minimum absolute atomic E-state index is 0.270. The molecule has 2 amide bonds. The number of thiophene rings is 2. The normalized spacial score (nSPS) is 15.2. The Kier molecular flexibility index (Phi) is 6.99. The van der Waals surface area contributed by atoms with Crippen LogP contribution in [0.2, 0.25) is 0 Å². The number of aromatic nitrogens is 1. The number of nitrogens with zero attached hydrogens (tertiary/aromatic N) is 2. The number of anilines is 1. The second-order valence-electron chi connectivity index (χ2n) is 7.16. The summed E-state index contributed by atoms with van der Waals surface area (Å²) in [5.41, 5.74) is 2.37. The Balaban J connectivity index is 1.35. The molecule has 7 nitrogen and oxygen atoms in total. The molecule has 4 rings (SSSR count). The molecule has 2 N–H and O–H groups in total. The fourth-order valence-corrected chi connectivity index (χ4v) is 5.98. The molecular weight excluding hydrogens is 464 g/mol. The van der Waals surface area contributed by atoms with E-state index in [1.54, 1.807) is 17.4 Å². The number of rotatable bonds is 6. The lowest BCUT2D eigenvalue weighted by molar-refractivity contribution is -0.111. The number of nitriles is 1. The minimum Gasteiger partial charge on any atom is -0.446 e. The smallest absolute Gasteiger partial charge is 0.407 e. The number of thiazole rings is 1. The lowest BCUT2D eigenvalue weighted by Crippen LogP contribution is -2.31. The van der Waals surface area contributed by atoms with Crippen LogP contribution >= 0.6 is 34.0 Å². The van der Waals surface area contributed by atoms with Crippen molar-refractivity contribution >= 4 is 57.1 Å². The molecule has 0 saturated carbocycles. The summed E-state index contributed by atoms with van der Waals surface area (Å²) in [7, 11) is 0. The zero-order valence-corrected chi connectivity index (χ0v) is 19.7. The Morgan fingerprint density at radius 1 is 1.41 bits per heavy atom. The van der Waals surface area contributed by atoms with E-state index in [1.165, 1.54) is 28.7 Å². The van der Waals surface area contributed by atoms with Crippen LogP contribution in [-0.2, 0) is 28.9 Å². The molecule has 3 heterocycles. The first-order valence-corrected chi connectivity index (χ1v) is 12.5. The summed E-state index contributed by atoms with van der Waals surface area (Å²) in [6, 6.07) is 6.07. The molecule has 1 unspecified atom stereocenters. The molecule has 3 aromatic heterocycles. The summed E-state index contributed by atoms with van der Waals surface area (Å²) in [6.07, 6.45) is 4.25. The first kappa shape index (κ1) is 22.2. The molecule has 0 saturated heterocycles. The van der Waals surface area contributed by atoms with Gasteiger partial charge in [0, 0.05) is 33.3 Å². The predicted octanol–water partition coefficient (Wildman–Crippen LogP) is 4.88. The Morgan fingerprint density at radius 3 is 3.00 bits per heavy atom. The van der Waals surface area contributed by atoms with Gasteiger partial charge in [-0.05, 0) is 42.9 Å². The van der Waals surface area contributed by atoms with Crippen molar-refractivity contribution in [3.63, 3.8) is 0 Å². The molecule has 10 heteroatoms. The third-order valence-electron chi connectivity index (χ3n) is 4.83. The number of aryl methyl sites for hydroxylation is 1. The number of hydrogen-bond acceptors (Lipinski definition) is 8. The highest BCUT2D eigenvalue weighted by Gasteiger charge is 2.28. The van der Waals surface area contributed by atoms with E-state index in [0.29, 0.717) is 36.4 Å². The summed E-state index contributed by atoms with van der Waals surface area (Å²) < 4.78 is 5.57. The molecule has 1 atom stereocenters. The van der Waals surface area contributed by atoms with E-state index in [-0.39, 0.29) is 12.0 Å². The molecule has 1 aliphatic carbocycles. The van der Waals surface area contributed by atoms with Gasteiger partial charge in [0.25, 0.3) is 0 Å². The van der Waals surface area contributed by atoms with Crippen LogP contribution in [0.25, 0.3) is 6.08 Å². The van der Waals surface area contributed by atoms with E-state index in [4.69, 9.17) is 4.74 Å². The highest BCUT2D eigenvalue weighted by Crippen LogP contribution is 2.38. The molecule has 0 spiro atoms. The second kappa shape index (κ2) is 10.1. The van der Waals surface area contributed by atoms with Crippen LogP contribution in [0.4, 0.5) is 9.80 Å². The zero-order valence-electron chi connectivity index (χ0n) is 17.2. The van der Waals surface area contributed by atoms with E-state index in [2.05, 4.69) is 21.7 Å². The van der Waals surface area contributed by atoms with Crippen LogP contribution in [0, 0.1) is 18.3 Å². The number of hydrogen-bond donors (Lipinski definition) is 2. The highest BCUT2D eigenvalue weighted by molar-refractivity contribution is 7.16. The van der Waals surface area contributed by atoms with E-state index in [9.17, 15) is 14.9 Å². The monoisotopic (exact) mass is 484 g/mol. The topological polar surface area (TPSA) is 104 Å². The number of alkyl carbamates (subject to hydrolysis) is 1. The van der Waals surface area contributed by atoms with Crippen molar-refractivity contribution in [2.45, 2.75) is 38.8 Å². The van der Waals surface area contributed by atoms with E-state index < -0.39 is 6.09 Å². The van der Waals surface area contributed by atoms with Gasteiger partial charge in [-0.15, -0.1) is 34.0 Å². The number of amides is 2. The third kappa shape index (κ3) is 5.43. The number of nitrogens with one attached hydrogen (secondary N) is 2. The Hall–Kier alpha value is -3.00. The molecule has 0 bridgehead atoms. The number of carbonyl (C=O) groups is 2. The van der Waals surface area contributed by atoms with Crippen molar-refractivity contribution in [3.8, 4) is 6.07 Å². The van der Waals surface area contributed by atoms with Gasteiger partial charge in [0.05, 0.1) is 12.1 Å². The van der Waals surface area contributed by atoms with E-state index >= 15 is 0 Å². The minimum atomic E-state index is -0.476. The van der Waals surface area contributed by atoms with Crippen molar-refractivity contribution in [2.75, 3.05) is 5.32 Å². The Bertz CT molecular complexity index is 1190. The van der Waals surface area contributed by atoms with Crippen molar-refractivity contribution in [3.05, 3.63) is 60.6 Å². The first-order chi connectivity index (χ1) is 15.5. The summed E-state index contributed by atoms with van der Waals surface area (Å²) in [4.78, 5) is 30.8. The van der Waals surface area contributed by atoms with Crippen LogP contribution < -0.4 is 10.6 Å². The maximum atomic E-state index is 12.3. The summed E-state index contributed by atoms with van der Waals surface area (Å²) in [6.45, 7) is 2.24. The molecule has 0 fully saturated rings. The van der Waals surface area contributed by atoms with Gasteiger partial charge in [-0.2, -0.15) is 5.26 Å². The Morgan fingerprint density at radius 2 is 2.28 bits per heavy atom. The van der Waals surface area contributed by atoms with Gasteiger partial charge in [0.2, 0.25) is 5.91 Å². The van der Waals surface area contributed by atoms with Crippen molar-refractivity contribution < 1.29 is 14.3 Å². The lowest BCUT2D eigenvalue weighted by atomic mass is 9.94. The average molecular weight is 485 g/mol. The van der Waals surface area contributed by atoms with Gasteiger partial charge in [0.15, 0.2) is 0 Å². The zero-order chi connectivity index (χ0) is 22.5. The summed E-state index contributed by atoms with van der Waals surface area (Å²) >= 11 is 4.41. The standard InChI is InChI=1S/C22H20N4O3S3/c1-13-12-31-20(25-13)11-24-22(28)29-14-4-6-16-17(10-23)21(32-18(16)9-14)26-19(27)7-5-15-3-2-8-30-15/h2-3,5,7-8,12,14H,4,6,9,11H2,1H3,(H,24,28)(H,26,27)/b7-5+. The maximum Gasteiger partial charge on any atom is 0.407 e. The number of fused-ring (bicyclic) bond motifs is 1. The molecule has 1 aliphatic rings. The number of ether oxygens (including phenoxy) is 1. The number of carbonyl (C=O) groups excluding carboxylic acids is 2. The van der Waals surface area contributed by atoms with Crippen molar-refractivity contribution in [2.24, 2.45) is 0 Å². The van der Waals surface area contributed by atoms with Gasteiger partial charge in [-0.25, -0.2) is 9.78 Å². The molecule has 164 valence electrons. The predicted molar refractivity (Wildman–Crippen MR) is 127 cm³/mol. The first-order valence-electron chi connectivity index (χ1n) is 9.94. The van der Waals surface area contributed by atoms with Gasteiger partial charge in [-0.1, -0.05) is 6.07 Å². The second-order valence-corrected chi connectivity index (χ2v) is 10.2. The van der Waals surface area contributed by atoms with Crippen molar-refractivity contribution in [1.29, 1.82) is 5.26 Å². The van der Waals surface area contributed by atoms with E-state index in [1.807, 2.05) is 29.8 Å². The van der Waals surface area contributed by atoms with Crippen LogP contribution in [0.5, 0.6) is 0 Å². The fraction of sp³-hybridized carbons (Fsp3) is 0.273. The van der Waals surface area contributed by atoms with Gasteiger partial charge < -0.3 is 15.4 Å². The summed E-state index contributed by atoms with van der Waals surface area (Å²) in [5, 5.41) is 20.4. The van der Waals surface area contributed by atoms with E-state index in [0.717, 1.165) is 26.0 Å². The SMILES string of the molecule is Cc1csc(CNC(=O)OC2CCc3c(sc(NC(=O)/C=C/c4cccs4)c3C#N)C2)n1. The molecule has 3 aromatic rings. The Labute approximate surface area is 197 Å².